The van der Waals surface area contributed by atoms with Crippen LogP contribution in [0.2, 0.25) is 0 Å². The molecule has 16 heavy (non-hydrogen) atoms. The lowest BCUT2D eigenvalue weighted by Gasteiger charge is -2.34. The van der Waals surface area contributed by atoms with Gasteiger partial charge in [-0.05, 0) is 51.7 Å². The molecule has 96 valence electrons. The molecule has 0 aromatic rings. The average molecular weight is 226 g/mol. The van der Waals surface area contributed by atoms with Crippen LogP contribution in [-0.4, -0.2) is 37.1 Å². The van der Waals surface area contributed by atoms with Crippen molar-refractivity contribution in [3.8, 4) is 0 Å². The van der Waals surface area contributed by atoms with Gasteiger partial charge >= 0.3 is 0 Å². The van der Waals surface area contributed by atoms with Gasteiger partial charge in [-0.1, -0.05) is 27.2 Å². The maximum absolute atomic E-state index is 3.66. The lowest BCUT2D eigenvalue weighted by atomic mass is 9.88. The van der Waals surface area contributed by atoms with Gasteiger partial charge in [0.1, 0.15) is 0 Å². The first kappa shape index (κ1) is 14.0. The fourth-order valence-electron chi connectivity index (χ4n) is 2.28. The fraction of sp³-hybridized carbons (Fsp3) is 1.00. The van der Waals surface area contributed by atoms with Crippen LogP contribution in [0.15, 0.2) is 0 Å². The number of hydrogen-bond donors (Lipinski definition) is 1. The summed E-state index contributed by atoms with van der Waals surface area (Å²) in [7, 11) is 2.27. The third-order valence-electron chi connectivity index (χ3n) is 4.15. The van der Waals surface area contributed by atoms with Crippen molar-refractivity contribution in [2.45, 2.75) is 65.5 Å². The standard InChI is InChI=1S/C14H30N2/c1-12(14(2,3)4)15-10-9-13-8-6-7-11-16(13)5/h12-13,15H,6-11H2,1-5H3. The largest absolute Gasteiger partial charge is 0.314 e. The van der Waals surface area contributed by atoms with Crippen molar-refractivity contribution in [3.05, 3.63) is 0 Å². The lowest BCUT2D eigenvalue weighted by Crippen LogP contribution is -2.42. The second kappa shape index (κ2) is 6.02. The van der Waals surface area contributed by atoms with Gasteiger partial charge in [-0.3, -0.25) is 0 Å². The van der Waals surface area contributed by atoms with Gasteiger partial charge in [0, 0.05) is 12.1 Å². The highest BCUT2D eigenvalue weighted by Crippen LogP contribution is 2.20. The van der Waals surface area contributed by atoms with Gasteiger partial charge in [0.05, 0.1) is 0 Å². The van der Waals surface area contributed by atoms with E-state index in [9.17, 15) is 0 Å². The van der Waals surface area contributed by atoms with Crippen LogP contribution in [-0.2, 0) is 0 Å². The fourth-order valence-corrected chi connectivity index (χ4v) is 2.28. The van der Waals surface area contributed by atoms with E-state index in [1.165, 1.54) is 32.2 Å². The zero-order valence-corrected chi connectivity index (χ0v) is 11.8. The predicted octanol–water partition coefficient (Wildman–Crippen LogP) is 2.89. The van der Waals surface area contributed by atoms with Crippen LogP contribution >= 0.6 is 0 Å². The molecule has 1 N–H and O–H groups in total. The van der Waals surface area contributed by atoms with Crippen molar-refractivity contribution in [1.29, 1.82) is 0 Å². The van der Waals surface area contributed by atoms with E-state index < -0.39 is 0 Å². The molecule has 0 aromatic carbocycles. The highest BCUT2D eigenvalue weighted by atomic mass is 15.1. The molecular formula is C14H30N2. The van der Waals surface area contributed by atoms with E-state index in [-0.39, 0.29) is 0 Å². The molecule has 0 radical (unpaired) electrons. The molecule has 2 atom stereocenters. The molecule has 2 nitrogen and oxygen atoms in total. The Labute approximate surface area is 102 Å². The highest BCUT2D eigenvalue weighted by molar-refractivity contribution is 4.79. The van der Waals surface area contributed by atoms with Crippen molar-refractivity contribution < 1.29 is 0 Å². The molecule has 1 aliphatic rings. The monoisotopic (exact) mass is 226 g/mol. The Hall–Kier alpha value is -0.0800. The van der Waals surface area contributed by atoms with Crippen molar-refractivity contribution in [1.82, 2.24) is 10.2 Å². The average Bonchev–Trinajstić information content (AvgIpc) is 2.19. The van der Waals surface area contributed by atoms with Gasteiger partial charge in [-0.15, -0.1) is 0 Å². The Bertz CT molecular complexity index is 195. The van der Waals surface area contributed by atoms with Gasteiger partial charge in [0.25, 0.3) is 0 Å². The minimum atomic E-state index is 0.373. The quantitative estimate of drug-likeness (QED) is 0.793. The van der Waals surface area contributed by atoms with Crippen molar-refractivity contribution in [2.75, 3.05) is 20.1 Å². The first-order valence-electron chi connectivity index (χ1n) is 6.85. The smallest absolute Gasteiger partial charge is 0.0104 e. The van der Waals surface area contributed by atoms with Crippen LogP contribution in [0.5, 0.6) is 0 Å². The predicted molar refractivity (Wildman–Crippen MR) is 71.8 cm³/mol. The molecular weight excluding hydrogens is 196 g/mol. The van der Waals surface area contributed by atoms with Gasteiger partial charge in [0.2, 0.25) is 0 Å². The second-order valence-electron chi connectivity index (χ2n) is 6.46. The lowest BCUT2D eigenvalue weighted by molar-refractivity contribution is 0.171. The number of piperidine rings is 1. The molecule has 1 saturated heterocycles. The van der Waals surface area contributed by atoms with Gasteiger partial charge in [-0.25, -0.2) is 0 Å². The summed E-state index contributed by atoms with van der Waals surface area (Å²) < 4.78 is 0. The van der Waals surface area contributed by atoms with Crippen LogP contribution in [0, 0.1) is 5.41 Å². The summed E-state index contributed by atoms with van der Waals surface area (Å²) in [5.41, 5.74) is 0.373. The third-order valence-corrected chi connectivity index (χ3v) is 4.15. The molecule has 0 bridgehead atoms. The highest BCUT2D eigenvalue weighted by Gasteiger charge is 2.21. The summed E-state index contributed by atoms with van der Waals surface area (Å²) in [6, 6.07) is 1.41. The maximum atomic E-state index is 3.66. The molecule has 0 spiro atoms. The number of likely N-dealkylation sites (tertiary alicyclic amines) is 1. The molecule has 1 rings (SSSR count). The van der Waals surface area contributed by atoms with Gasteiger partial charge in [0.15, 0.2) is 0 Å². The van der Waals surface area contributed by atoms with Crippen LogP contribution in [0.3, 0.4) is 0 Å². The Balaban J connectivity index is 2.19. The van der Waals surface area contributed by atoms with Crippen LogP contribution < -0.4 is 5.32 Å². The maximum Gasteiger partial charge on any atom is 0.0104 e. The number of nitrogens with zero attached hydrogens (tertiary/aromatic N) is 1. The summed E-state index contributed by atoms with van der Waals surface area (Å²) >= 11 is 0. The van der Waals surface area contributed by atoms with E-state index in [2.05, 4.69) is 45.0 Å². The molecule has 1 fully saturated rings. The minimum Gasteiger partial charge on any atom is -0.314 e. The van der Waals surface area contributed by atoms with Crippen molar-refractivity contribution in [2.24, 2.45) is 5.41 Å². The molecule has 0 saturated carbocycles. The summed E-state index contributed by atoms with van der Waals surface area (Å²) in [4.78, 5) is 2.53. The summed E-state index contributed by atoms with van der Waals surface area (Å²) in [5, 5.41) is 3.66. The van der Waals surface area contributed by atoms with E-state index in [0.29, 0.717) is 11.5 Å². The van der Waals surface area contributed by atoms with E-state index in [1.807, 2.05) is 0 Å². The normalized spacial score (nSPS) is 25.7. The molecule has 2 unspecified atom stereocenters. The van der Waals surface area contributed by atoms with Crippen LogP contribution in [0.4, 0.5) is 0 Å². The van der Waals surface area contributed by atoms with Crippen molar-refractivity contribution >= 4 is 0 Å². The summed E-state index contributed by atoms with van der Waals surface area (Å²) in [6.07, 6.45) is 5.50. The number of rotatable bonds is 4. The molecule has 0 aromatic heterocycles. The summed E-state index contributed by atoms with van der Waals surface area (Å²) in [5.74, 6) is 0. The topological polar surface area (TPSA) is 15.3 Å². The number of hydrogen-bond acceptors (Lipinski definition) is 2. The molecule has 0 aliphatic carbocycles. The van der Waals surface area contributed by atoms with Gasteiger partial charge in [-0.2, -0.15) is 0 Å². The van der Waals surface area contributed by atoms with E-state index in [1.54, 1.807) is 0 Å². The van der Waals surface area contributed by atoms with Crippen LogP contribution in [0.25, 0.3) is 0 Å². The molecule has 1 heterocycles. The summed E-state index contributed by atoms with van der Waals surface area (Å²) in [6.45, 7) is 11.7. The molecule has 2 heteroatoms. The minimum absolute atomic E-state index is 0.373. The van der Waals surface area contributed by atoms with E-state index in [0.717, 1.165) is 12.6 Å². The SMILES string of the molecule is CC(NCCC1CCCCN1C)C(C)(C)C. The second-order valence-corrected chi connectivity index (χ2v) is 6.46. The molecule has 0 amide bonds. The zero-order chi connectivity index (χ0) is 12.2. The van der Waals surface area contributed by atoms with Gasteiger partial charge < -0.3 is 10.2 Å². The van der Waals surface area contributed by atoms with E-state index in [4.69, 9.17) is 0 Å². The van der Waals surface area contributed by atoms with E-state index >= 15 is 0 Å². The zero-order valence-electron chi connectivity index (χ0n) is 11.8. The Morgan fingerprint density at radius 3 is 2.56 bits per heavy atom. The number of nitrogens with one attached hydrogen (secondary N) is 1. The Kier molecular flexibility index (Phi) is 5.26. The first-order chi connectivity index (χ1) is 7.41. The first-order valence-corrected chi connectivity index (χ1v) is 6.85. The third kappa shape index (κ3) is 4.42. The Morgan fingerprint density at radius 1 is 1.31 bits per heavy atom. The van der Waals surface area contributed by atoms with Crippen LogP contribution in [0.1, 0.15) is 53.4 Å². The Morgan fingerprint density at radius 2 is 2.00 bits per heavy atom. The van der Waals surface area contributed by atoms with Crippen molar-refractivity contribution in [3.63, 3.8) is 0 Å². The molecule has 1 aliphatic heterocycles.